The Balaban J connectivity index is 1.85. The number of anilines is 2. The fourth-order valence-electron chi connectivity index (χ4n) is 5.30. The van der Waals surface area contributed by atoms with Crippen LogP contribution in [0.5, 0.6) is 0 Å². The van der Waals surface area contributed by atoms with E-state index in [0.717, 1.165) is 24.3 Å². The first-order valence-corrected chi connectivity index (χ1v) is 12.4. The van der Waals surface area contributed by atoms with E-state index in [1.807, 2.05) is 38.1 Å². The largest absolute Gasteiger partial charge is 0.478 e. The highest BCUT2D eigenvalue weighted by molar-refractivity contribution is 6.34. The summed E-state index contributed by atoms with van der Waals surface area (Å²) in [5.41, 5.74) is 3.31. The van der Waals surface area contributed by atoms with E-state index >= 15 is 0 Å². The van der Waals surface area contributed by atoms with E-state index in [0.29, 0.717) is 29.8 Å². The van der Waals surface area contributed by atoms with Gasteiger partial charge in [0.25, 0.3) is 0 Å². The number of carboxylic acid groups (broad SMARTS) is 1. The Labute approximate surface area is 211 Å². The third-order valence-corrected chi connectivity index (χ3v) is 7.32. The summed E-state index contributed by atoms with van der Waals surface area (Å²) >= 11 is 6.47. The molecule has 0 bridgehead atoms. The molecule has 184 valence electrons. The number of amides is 1. The van der Waals surface area contributed by atoms with E-state index in [-0.39, 0.29) is 40.0 Å². The smallest absolute Gasteiger partial charge is 0.335 e. The zero-order valence-electron chi connectivity index (χ0n) is 20.6. The van der Waals surface area contributed by atoms with Gasteiger partial charge in [0.1, 0.15) is 0 Å². The summed E-state index contributed by atoms with van der Waals surface area (Å²) in [4.78, 5) is 42.5. The van der Waals surface area contributed by atoms with E-state index in [2.05, 4.69) is 18.7 Å². The summed E-state index contributed by atoms with van der Waals surface area (Å²) < 4.78 is 0. The molecular weight excluding hydrogens is 464 g/mol. The number of rotatable bonds is 6. The molecule has 7 heteroatoms. The molecule has 1 N–H and O–H groups in total. The number of aromatic carboxylic acids is 1. The highest BCUT2D eigenvalue weighted by Crippen LogP contribution is 2.49. The van der Waals surface area contributed by atoms with Crippen molar-refractivity contribution in [2.75, 3.05) is 22.9 Å². The Morgan fingerprint density at radius 3 is 2.34 bits per heavy atom. The second-order valence-electron chi connectivity index (χ2n) is 10.0. The van der Waals surface area contributed by atoms with Crippen LogP contribution in [0.4, 0.5) is 11.4 Å². The van der Waals surface area contributed by atoms with Crippen LogP contribution in [0.2, 0.25) is 5.02 Å². The van der Waals surface area contributed by atoms with Gasteiger partial charge >= 0.3 is 5.97 Å². The van der Waals surface area contributed by atoms with Crippen molar-refractivity contribution in [3.05, 3.63) is 69.9 Å². The number of Topliss-reactive ketones (excluding diaryl/α,β-unsaturated/α-hetero) is 1. The topological polar surface area (TPSA) is 77.9 Å². The van der Waals surface area contributed by atoms with Gasteiger partial charge in [-0.2, -0.15) is 0 Å². The molecule has 1 heterocycles. The van der Waals surface area contributed by atoms with Crippen LogP contribution in [-0.2, 0) is 9.59 Å². The van der Waals surface area contributed by atoms with E-state index < -0.39 is 5.97 Å². The minimum Gasteiger partial charge on any atom is -0.478 e. The predicted octanol–water partition coefficient (Wildman–Crippen LogP) is 6.05. The van der Waals surface area contributed by atoms with Crippen LogP contribution in [0.1, 0.15) is 68.8 Å². The molecule has 0 radical (unpaired) electrons. The second kappa shape index (κ2) is 9.50. The summed E-state index contributed by atoms with van der Waals surface area (Å²) in [6.07, 6.45) is 1.02. The number of hydrogen-bond acceptors (Lipinski definition) is 4. The van der Waals surface area contributed by atoms with Crippen LogP contribution in [0.15, 0.2) is 53.7 Å². The Hall–Kier alpha value is -3.12. The van der Waals surface area contributed by atoms with Gasteiger partial charge in [-0.3, -0.25) is 14.5 Å². The molecule has 35 heavy (non-hydrogen) atoms. The molecule has 1 aliphatic heterocycles. The van der Waals surface area contributed by atoms with Gasteiger partial charge in [-0.25, -0.2) is 4.79 Å². The van der Waals surface area contributed by atoms with Gasteiger partial charge in [0.2, 0.25) is 5.91 Å². The summed E-state index contributed by atoms with van der Waals surface area (Å²) in [7, 11) is 0. The quantitative estimate of drug-likeness (QED) is 0.529. The lowest BCUT2D eigenvalue weighted by atomic mass is 9.69. The van der Waals surface area contributed by atoms with Crippen LogP contribution in [0.25, 0.3) is 0 Å². The molecule has 0 spiro atoms. The Morgan fingerprint density at radius 2 is 1.74 bits per heavy atom. The highest BCUT2D eigenvalue weighted by atomic mass is 35.5. The molecule has 0 saturated heterocycles. The van der Waals surface area contributed by atoms with E-state index in [1.54, 1.807) is 0 Å². The lowest BCUT2D eigenvalue weighted by Gasteiger charge is -2.43. The summed E-state index contributed by atoms with van der Waals surface area (Å²) in [5.74, 6) is -1.62. The van der Waals surface area contributed by atoms with Crippen LogP contribution in [0.3, 0.4) is 0 Å². The molecule has 2 aromatic carbocycles. The van der Waals surface area contributed by atoms with Crippen LogP contribution >= 0.6 is 11.6 Å². The number of carboxylic acids is 1. The van der Waals surface area contributed by atoms with Gasteiger partial charge in [0.15, 0.2) is 5.78 Å². The number of hydrogen-bond donors (Lipinski definition) is 1. The number of halogens is 1. The maximum atomic E-state index is 13.6. The molecular formula is C28H31ClN2O4. The second-order valence-corrected chi connectivity index (χ2v) is 10.4. The van der Waals surface area contributed by atoms with Gasteiger partial charge < -0.3 is 10.0 Å². The SMILES string of the molecule is CCN(CC)c1ccc(C2CC(=O)N(c3cc(C(=O)O)ccc3Cl)C3=C2C(=O)CC(C)(C)C3)cc1. The van der Waals surface area contributed by atoms with Crippen LogP contribution in [-0.4, -0.2) is 35.9 Å². The number of benzene rings is 2. The normalized spacial score (nSPS) is 19.6. The molecule has 6 nitrogen and oxygen atoms in total. The highest BCUT2D eigenvalue weighted by Gasteiger charge is 2.44. The van der Waals surface area contributed by atoms with E-state index in [4.69, 9.17) is 11.6 Å². The van der Waals surface area contributed by atoms with Crippen LogP contribution < -0.4 is 9.80 Å². The molecule has 2 aromatic rings. The van der Waals surface area contributed by atoms with Crippen molar-refractivity contribution in [2.24, 2.45) is 5.41 Å². The molecule has 4 rings (SSSR count). The van der Waals surface area contributed by atoms with Crippen molar-refractivity contribution in [3.63, 3.8) is 0 Å². The monoisotopic (exact) mass is 494 g/mol. The van der Waals surface area contributed by atoms with Gasteiger partial charge in [-0.15, -0.1) is 0 Å². The number of ketones is 1. The van der Waals surface area contributed by atoms with Crippen molar-refractivity contribution < 1.29 is 19.5 Å². The summed E-state index contributed by atoms with van der Waals surface area (Å²) in [6.45, 7) is 10.0. The molecule has 1 aliphatic carbocycles. The first-order valence-electron chi connectivity index (χ1n) is 12.0. The minimum absolute atomic E-state index is 0.0251. The minimum atomic E-state index is -1.10. The molecule has 1 unspecified atom stereocenters. The standard InChI is InChI=1S/C28H31ClN2O4/c1-5-30(6-2)19-10-7-17(8-11-19)20-14-25(33)31(22-13-18(27(34)35)9-12-21(22)29)23-15-28(3,4)16-24(32)26(20)23/h7-13,20H,5-6,14-16H2,1-4H3,(H,34,35). The fraction of sp³-hybridized carbons (Fsp3) is 0.393. The molecule has 0 saturated carbocycles. The average molecular weight is 495 g/mol. The third kappa shape index (κ3) is 4.72. The fourth-order valence-corrected chi connectivity index (χ4v) is 5.50. The van der Waals surface area contributed by atoms with E-state index in [1.165, 1.54) is 23.1 Å². The number of allylic oxidation sites excluding steroid dienone is 2. The zero-order valence-corrected chi connectivity index (χ0v) is 21.4. The lowest BCUT2D eigenvalue weighted by Crippen LogP contribution is -2.44. The van der Waals surface area contributed by atoms with E-state index in [9.17, 15) is 19.5 Å². The Bertz CT molecular complexity index is 1210. The number of carbonyl (C=O) groups excluding carboxylic acids is 2. The van der Waals surface area contributed by atoms with Crippen molar-refractivity contribution in [1.82, 2.24) is 0 Å². The first-order chi connectivity index (χ1) is 16.6. The summed E-state index contributed by atoms with van der Waals surface area (Å²) in [5, 5.41) is 9.77. The maximum Gasteiger partial charge on any atom is 0.335 e. The Morgan fingerprint density at radius 1 is 1.09 bits per heavy atom. The van der Waals surface area contributed by atoms with Gasteiger partial charge in [0, 0.05) is 48.8 Å². The van der Waals surface area contributed by atoms with Crippen molar-refractivity contribution in [2.45, 2.75) is 52.9 Å². The van der Waals surface area contributed by atoms with Gasteiger partial charge in [-0.05, 0) is 61.6 Å². The van der Waals surface area contributed by atoms with Crippen LogP contribution in [0, 0.1) is 5.41 Å². The molecule has 1 atom stereocenters. The van der Waals surface area contributed by atoms with Crippen molar-refractivity contribution in [1.29, 1.82) is 0 Å². The average Bonchev–Trinajstić information content (AvgIpc) is 2.79. The van der Waals surface area contributed by atoms with Gasteiger partial charge in [0.05, 0.1) is 16.3 Å². The molecule has 0 aromatic heterocycles. The maximum absolute atomic E-state index is 13.6. The van der Waals surface area contributed by atoms with Crippen molar-refractivity contribution >= 4 is 40.6 Å². The lowest BCUT2D eigenvalue weighted by molar-refractivity contribution is -0.121. The van der Waals surface area contributed by atoms with Crippen molar-refractivity contribution in [3.8, 4) is 0 Å². The number of nitrogens with zero attached hydrogens (tertiary/aromatic N) is 2. The Kier molecular flexibility index (Phi) is 6.78. The zero-order chi connectivity index (χ0) is 25.5. The molecule has 1 amide bonds. The number of carbonyl (C=O) groups is 3. The van der Waals surface area contributed by atoms with Gasteiger partial charge in [-0.1, -0.05) is 37.6 Å². The first kappa shape index (κ1) is 25.0. The molecule has 0 fully saturated rings. The third-order valence-electron chi connectivity index (χ3n) is 7.00. The summed E-state index contributed by atoms with van der Waals surface area (Å²) in [6, 6.07) is 12.4. The predicted molar refractivity (Wildman–Crippen MR) is 138 cm³/mol. The molecule has 2 aliphatic rings.